The van der Waals surface area contributed by atoms with Crippen LogP contribution in [0.2, 0.25) is 0 Å². The van der Waals surface area contributed by atoms with Crippen LogP contribution in [0.15, 0.2) is 24.3 Å². The Morgan fingerprint density at radius 3 is 2.85 bits per heavy atom. The molecule has 0 amide bonds. The second kappa shape index (κ2) is 6.16. The number of para-hydroxylation sites is 1. The first-order valence-electron chi connectivity index (χ1n) is 7.68. The quantitative estimate of drug-likeness (QED) is 0.849. The van der Waals surface area contributed by atoms with Crippen LogP contribution in [-0.4, -0.2) is 20.9 Å². The Hall–Kier alpha value is -1.71. The number of hydrogen-bond donors (Lipinski definition) is 0. The Balaban J connectivity index is 1.56. The minimum absolute atomic E-state index is 0.0644. The third kappa shape index (κ3) is 2.89. The van der Waals surface area contributed by atoms with Crippen molar-refractivity contribution in [2.45, 2.75) is 51.4 Å². The number of aromatic nitrogens is 3. The van der Waals surface area contributed by atoms with Crippen molar-refractivity contribution in [1.82, 2.24) is 15.0 Å². The normalized spacial score (nSPS) is 16.6. The summed E-state index contributed by atoms with van der Waals surface area (Å²) in [5, 5.41) is 8.01. The molecule has 1 aromatic carbocycles. The number of nitrogens with zero attached hydrogens (tertiary/aromatic N) is 3. The van der Waals surface area contributed by atoms with E-state index in [4.69, 9.17) is 0 Å². The van der Waals surface area contributed by atoms with E-state index in [1.807, 2.05) is 24.3 Å². The highest BCUT2D eigenvalue weighted by molar-refractivity contribution is 5.88. The number of hydrogen-bond acceptors (Lipinski definition) is 3. The maximum atomic E-state index is 12.2. The largest absolute Gasteiger partial charge is 0.273 e. The Bertz CT molecular complexity index is 584. The topological polar surface area (TPSA) is 47.8 Å². The fourth-order valence-electron chi connectivity index (χ4n) is 3.18. The fourth-order valence-corrected chi connectivity index (χ4v) is 3.18. The molecule has 1 aliphatic carbocycles. The molecule has 1 heterocycles. The molecule has 0 atom stereocenters. The van der Waals surface area contributed by atoms with Gasteiger partial charge in [-0.05, 0) is 30.9 Å². The second-order valence-electron chi connectivity index (χ2n) is 5.78. The van der Waals surface area contributed by atoms with Crippen LogP contribution < -0.4 is 0 Å². The van der Waals surface area contributed by atoms with E-state index in [-0.39, 0.29) is 5.91 Å². The summed E-state index contributed by atoms with van der Waals surface area (Å²) in [5.41, 5.74) is 1.60. The molecule has 0 aliphatic heterocycles. The zero-order valence-electron chi connectivity index (χ0n) is 11.8. The summed E-state index contributed by atoms with van der Waals surface area (Å²) in [5.74, 6) is 0.901. The number of benzene rings is 1. The molecule has 1 fully saturated rings. The van der Waals surface area contributed by atoms with Crippen molar-refractivity contribution < 1.29 is 4.79 Å². The predicted molar refractivity (Wildman–Crippen MR) is 78.6 cm³/mol. The Kier molecular flexibility index (Phi) is 4.09. The van der Waals surface area contributed by atoms with E-state index in [1.54, 1.807) is 0 Å². The lowest BCUT2D eigenvalue weighted by Gasteiger charge is -2.20. The van der Waals surface area contributed by atoms with Gasteiger partial charge in [0.2, 0.25) is 5.91 Å². The van der Waals surface area contributed by atoms with Crippen LogP contribution in [0, 0.1) is 5.92 Å². The van der Waals surface area contributed by atoms with E-state index in [0.717, 1.165) is 23.4 Å². The number of fused-ring (bicyclic) bond motifs is 1. The van der Waals surface area contributed by atoms with Crippen LogP contribution >= 0.6 is 0 Å². The summed E-state index contributed by atoms with van der Waals surface area (Å²) in [6.07, 6.45) is 9.54. The van der Waals surface area contributed by atoms with Gasteiger partial charge in [-0.1, -0.05) is 49.5 Å². The summed E-state index contributed by atoms with van der Waals surface area (Å²) >= 11 is 0. The molecule has 0 saturated heterocycles. The molecule has 106 valence electrons. The fraction of sp³-hybridized carbons (Fsp3) is 0.562. The monoisotopic (exact) mass is 271 g/mol. The maximum absolute atomic E-state index is 12.2. The maximum Gasteiger partial charge on any atom is 0.248 e. The SMILES string of the molecule is O=C(CCCC1CCCCC1)n1nnc2ccccc21. The first kappa shape index (κ1) is 13.3. The molecule has 0 radical (unpaired) electrons. The van der Waals surface area contributed by atoms with Crippen molar-refractivity contribution in [3.63, 3.8) is 0 Å². The van der Waals surface area contributed by atoms with E-state index in [1.165, 1.54) is 43.2 Å². The van der Waals surface area contributed by atoms with Crippen molar-refractivity contribution in [2.75, 3.05) is 0 Å². The van der Waals surface area contributed by atoms with Crippen molar-refractivity contribution in [3.05, 3.63) is 24.3 Å². The predicted octanol–water partition coefficient (Wildman–Crippen LogP) is 3.82. The average molecular weight is 271 g/mol. The molecule has 0 N–H and O–H groups in total. The van der Waals surface area contributed by atoms with Gasteiger partial charge in [-0.25, -0.2) is 0 Å². The van der Waals surface area contributed by atoms with Gasteiger partial charge in [0, 0.05) is 6.42 Å². The average Bonchev–Trinajstić information content (AvgIpc) is 2.92. The molecule has 2 aromatic rings. The molecule has 0 unspecified atom stereocenters. The minimum Gasteiger partial charge on any atom is -0.273 e. The van der Waals surface area contributed by atoms with Crippen LogP contribution in [-0.2, 0) is 0 Å². The third-order valence-electron chi connectivity index (χ3n) is 4.32. The highest BCUT2D eigenvalue weighted by Gasteiger charge is 2.15. The lowest BCUT2D eigenvalue weighted by Crippen LogP contribution is -2.13. The molecule has 4 heteroatoms. The molecular weight excluding hydrogens is 250 g/mol. The van der Waals surface area contributed by atoms with Crippen molar-refractivity contribution in [1.29, 1.82) is 0 Å². The van der Waals surface area contributed by atoms with Crippen LogP contribution in [0.25, 0.3) is 11.0 Å². The first-order valence-corrected chi connectivity index (χ1v) is 7.68. The molecule has 0 bridgehead atoms. The molecule has 4 nitrogen and oxygen atoms in total. The summed E-state index contributed by atoms with van der Waals surface area (Å²) in [7, 11) is 0. The Morgan fingerprint density at radius 2 is 2.00 bits per heavy atom. The van der Waals surface area contributed by atoms with Gasteiger partial charge in [-0.3, -0.25) is 4.79 Å². The second-order valence-corrected chi connectivity index (χ2v) is 5.78. The molecule has 20 heavy (non-hydrogen) atoms. The zero-order valence-corrected chi connectivity index (χ0v) is 11.8. The van der Waals surface area contributed by atoms with E-state index in [9.17, 15) is 4.79 Å². The first-order chi connectivity index (χ1) is 9.84. The van der Waals surface area contributed by atoms with Crippen LogP contribution in [0.4, 0.5) is 0 Å². The van der Waals surface area contributed by atoms with Gasteiger partial charge in [0.15, 0.2) is 0 Å². The molecule has 0 spiro atoms. The smallest absolute Gasteiger partial charge is 0.248 e. The van der Waals surface area contributed by atoms with Gasteiger partial charge in [-0.15, -0.1) is 5.10 Å². The highest BCUT2D eigenvalue weighted by atomic mass is 16.2. The molecule has 1 aliphatic rings. The van der Waals surface area contributed by atoms with Gasteiger partial charge in [0.05, 0.1) is 5.52 Å². The standard InChI is InChI=1S/C16H21N3O/c20-16(12-6-9-13-7-2-1-3-8-13)19-15-11-5-4-10-14(15)17-18-19/h4-5,10-11,13H,1-3,6-9,12H2. The zero-order chi connectivity index (χ0) is 13.8. The van der Waals surface area contributed by atoms with Gasteiger partial charge in [-0.2, -0.15) is 4.68 Å². The van der Waals surface area contributed by atoms with Crippen LogP contribution in [0.1, 0.15) is 56.2 Å². The van der Waals surface area contributed by atoms with Crippen LogP contribution in [0.3, 0.4) is 0 Å². The van der Waals surface area contributed by atoms with Crippen molar-refractivity contribution in [3.8, 4) is 0 Å². The highest BCUT2D eigenvalue weighted by Crippen LogP contribution is 2.27. The van der Waals surface area contributed by atoms with Crippen molar-refractivity contribution in [2.24, 2.45) is 5.92 Å². The Morgan fingerprint density at radius 1 is 1.20 bits per heavy atom. The van der Waals surface area contributed by atoms with E-state index >= 15 is 0 Å². The Labute approximate surface area is 119 Å². The summed E-state index contributed by atoms with van der Waals surface area (Å²) in [6.45, 7) is 0. The van der Waals surface area contributed by atoms with Gasteiger partial charge in [0.25, 0.3) is 0 Å². The number of carbonyl (C=O) groups excluding carboxylic acids is 1. The summed E-state index contributed by atoms with van der Waals surface area (Å²) in [6, 6.07) is 7.61. The molecular formula is C16H21N3O. The van der Waals surface area contributed by atoms with Gasteiger partial charge < -0.3 is 0 Å². The summed E-state index contributed by atoms with van der Waals surface area (Å²) < 4.78 is 1.45. The van der Waals surface area contributed by atoms with E-state index in [2.05, 4.69) is 10.3 Å². The van der Waals surface area contributed by atoms with Gasteiger partial charge in [0.1, 0.15) is 5.52 Å². The molecule has 1 saturated carbocycles. The lowest BCUT2D eigenvalue weighted by atomic mass is 9.86. The lowest BCUT2D eigenvalue weighted by molar-refractivity contribution is 0.0884. The number of rotatable bonds is 4. The van der Waals surface area contributed by atoms with Crippen LogP contribution in [0.5, 0.6) is 0 Å². The molecule has 3 rings (SSSR count). The van der Waals surface area contributed by atoms with Crippen molar-refractivity contribution >= 4 is 16.9 Å². The van der Waals surface area contributed by atoms with E-state index in [0.29, 0.717) is 6.42 Å². The number of carbonyl (C=O) groups is 1. The molecule has 1 aromatic heterocycles. The van der Waals surface area contributed by atoms with E-state index < -0.39 is 0 Å². The minimum atomic E-state index is 0.0644. The third-order valence-corrected chi connectivity index (χ3v) is 4.32. The summed E-state index contributed by atoms with van der Waals surface area (Å²) in [4.78, 5) is 12.2. The van der Waals surface area contributed by atoms with Gasteiger partial charge >= 0.3 is 0 Å².